The zero-order valence-electron chi connectivity index (χ0n) is 15.8. The molecule has 136 valence electrons. The lowest BCUT2D eigenvalue weighted by atomic mass is 9.60. The first-order chi connectivity index (χ1) is 12.7. The van der Waals surface area contributed by atoms with Gasteiger partial charge in [-0.1, -0.05) is 55.5 Å². The van der Waals surface area contributed by atoms with E-state index in [9.17, 15) is 0 Å². The van der Waals surface area contributed by atoms with E-state index in [1.807, 2.05) is 6.07 Å². The first-order valence-corrected chi connectivity index (χ1v) is 9.85. The molecule has 2 bridgehead atoms. The largest absolute Gasteiger partial charge is 0.497 e. The Labute approximate surface area is 157 Å². The van der Waals surface area contributed by atoms with Crippen LogP contribution in [0.4, 0.5) is 0 Å². The van der Waals surface area contributed by atoms with Gasteiger partial charge in [0.05, 0.1) is 7.11 Å². The Kier molecular flexibility index (Phi) is 4.86. The minimum Gasteiger partial charge on any atom is -0.497 e. The molecule has 2 unspecified atom stereocenters. The van der Waals surface area contributed by atoms with Crippen LogP contribution in [-0.2, 0) is 11.8 Å². The first-order valence-electron chi connectivity index (χ1n) is 9.85. The van der Waals surface area contributed by atoms with Gasteiger partial charge in [0, 0.05) is 18.0 Å². The van der Waals surface area contributed by atoms with E-state index >= 15 is 0 Å². The predicted octanol–water partition coefficient (Wildman–Crippen LogP) is 4.99. The molecule has 0 aromatic heterocycles. The Morgan fingerprint density at radius 2 is 1.96 bits per heavy atom. The molecule has 2 atom stereocenters. The van der Waals surface area contributed by atoms with Crippen molar-refractivity contribution in [2.75, 3.05) is 20.2 Å². The highest BCUT2D eigenvalue weighted by atomic mass is 16.5. The summed E-state index contributed by atoms with van der Waals surface area (Å²) in [6, 6.07) is 20.0. The second-order valence-corrected chi connectivity index (χ2v) is 7.77. The molecule has 2 aromatic carbocycles. The number of hydrogen-bond acceptors (Lipinski definition) is 2. The van der Waals surface area contributed by atoms with Crippen molar-refractivity contribution in [3.8, 4) is 5.75 Å². The molecule has 1 saturated heterocycles. The van der Waals surface area contributed by atoms with Gasteiger partial charge in [0.25, 0.3) is 0 Å². The number of fused-ring (bicyclic) bond motifs is 2. The van der Waals surface area contributed by atoms with Gasteiger partial charge in [-0.3, -0.25) is 4.90 Å². The summed E-state index contributed by atoms with van der Waals surface area (Å²) in [5, 5.41) is 0. The molecule has 0 amide bonds. The molecule has 1 aliphatic heterocycles. The van der Waals surface area contributed by atoms with Crippen molar-refractivity contribution in [3.05, 3.63) is 77.9 Å². The molecular weight excluding hydrogens is 318 g/mol. The van der Waals surface area contributed by atoms with Crippen molar-refractivity contribution < 1.29 is 4.74 Å². The molecule has 0 N–H and O–H groups in total. The summed E-state index contributed by atoms with van der Waals surface area (Å²) in [5.41, 5.74) is 4.39. The van der Waals surface area contributed by atoms with Crippen LogP contribution in [0.3, 0.4) is 0 Å². The number of ether oxygens (including phenoxy) is 1. The lowest BCUT2D eigenvalue weighted by molar-refractivity contribution is 0.111. The highest BCUT2D eigenvalue weighted by Crippen LogP contribution is 2.50. The Morgan fingerprint density at radius 1 is 1.12 bits per heavy atom. The molecule has 1 heterocycles. The maximum absolute atomic E-state index is 5.48. The molecule has 2 aliphatic rings. The third-order valence-corrected chi connectivity index (χ3v) is 6.52. The van der Waals surface area contributed by atoms with Gasteiger partial charge >= 0.3 is 0 Å². The van der Waals surface area contributed by atoms with Crippen molar-refractivity contribution >= 4 is 0 Å². The van der Waals surface area contributed by atoms with Gasteiger partial charge in [-0.05, 0) is 61.1 Å². The number of benzene rings is 2. The van der Waals surface area contributed by atoms with E-state index in [0.717, 1.165) is 25.3 Å². The summed E-state index contributed by atoms with van der Waals surface area (Å²) in [5.74, 6) is 0.957. The lowest BCUT2D eigenvalue weighted by Gasteiger charge is -2.53. The van der Waals surface area contributed by atoms with Crippen molar-refractivity contribution in [1.82, 2.24) is 4.90 Å². The fourth-order valence-corrected chi connectivity index (χ4v) is 5.01. The van der Waals surface area contributed by atoms with E-state index in [1.54, 1.807) is 7.11 Å². The van der Waals surface area contributed by atoms with Crippen molar-refractivity contribution in [2.24, 2.45) is 0 Å². The number of likely N-dealkylation sites (tertiary alicyclic amines) is 1. The Morgan fingerprint density at radius 3 is 2.77 bits per heavy atom. The van der Waals surface area contributed by atoms with Crippen molar-refractivity contribution in [2.45, 2.75) is 43.6 Å². The minimum absolute atomic E-state index is 0.140. The summed E-state index contributed by atoms with van der Waals surface area (Å²) in [4.78, 5) is 2.67. The molecule has 1 aliphatic carbocycles. The van der Waals surface area contributed by atoms with E-state index in [1.165, 1.54) is 42.4 Å². The monoisotopic (exact) mass is 347 g/mol. The number of rotatable bonds is 5. The van der Waals surface area contributed by atoms with Crippen molar-refractivity contribution in [3.63, 3.8) is 0 Å². The predicted molar refractivity (Wildman–Crippen MR) is 108 cm³/mol. The van der Waals surface area contributed by atoms with Gasteiger partial charge in [0.15, 0.2) is 0 Å². The molecule has 2 heteroatoms. The smallest absolute Gasteiger partial charge is 0.119 e. The number of nitrogens with zero attached hydrogens (tertiary/aromatic N) is 1. The Bertz CT molecular complexity index is 769. The van der Waals surface area contributed by atoms with Gasteiger partial charge in [-0.2, -0.15) is 0 Å². The Hall–Kier alpha value is -2.06. The second kappa shape index (κ2) is 7.28. The van der Waals surface area contributed by atoms with Gasteiger partial charge in [-0.15, -0.1) is 0 Å². The zero-order chi connectivity index (χ0) is 18.0. The molecule has 2 nitrogen and oxygen atoms in total. The SMILES string of the molecule is C=C1C2CCCC1(c1cccc(OC)c1)CCN2CCc1ccccc1. The average Bonchev–Trinajstić information content (AvgIpc) is 2.68. The molecule has 0 radical (unpaired) electrons. The molecule has 2 aromatic rings. The normalized spacial score (nSPS) is 25.9. The summed E-state index contributed by atoms with van der Waals surface area (Å²) < 4.78 is 5.48. The number of methoxy groups -OCH3 is 1. The quantitative estimate of drug-likeness (QED) is 0.707. The minimum atomic E-state index is 0.140. The third kappa shape index (κ3) is 3.07. The standard InChI is InChI=1S/C24H29NO/c1-19-23-12-7-14-24(19,21-10-6-11-22(18-21)26-2)15-17-25(23)16-13-20-8-4-3-5-9-20/h3-6,8-11,18,23H,1,7,12-17H2,2H3. The summed E-state index contributed by atoms with van der Waals surface area (Å²) in [6.07, 6.45) is 6.05. The molecule has 4 rings (SSSR count). The summed E-state index contributed by atoms with van der Waals surface area (Å²) in [7, 11) is 1.75. The number of hydrogen-bond donors (Lipinski definition) is 0. The van der Waals surface area contributed by atoms with Crippen LogP contribution in [0.25, 0.3) is 0 Å². The molecular formula is C24H29NO. The van der Waals surface area contributed by atoms with E-state index in [4.69, 9.17) is 4.74 Å². The van der Waals surface area contributed by atoms with E-state index < -0.39 is 0 Å². The highest BCUT2D eigenvalue weighted by molar-refractivity contribution is 5.44. The maximum Gasteiger partial charge on any atom is 0.119 e. The summed E-state index contributed by atoms with van der Waals surface area (Å²) >= 11 is 0. The van der Waals surface area contributed by atoms with Crippen LogP contribution < -0.4 is 4.74 Å². The van der Waals surface area contributed by atoms with E-state index in [-0.39, 0.29) is 5.41 Å². The van der Waals surface area contributed by atoms with Crippen LogP contribution in [0.1, 0.15) is 36.8 Å². The van der Waals surface area contributed by atoms with Gasteiger partial charge < -0.3 is 4.74 Å². The topological polar surface area (TPSA) is 12.5 Å². The van der Waals surface area contributed by atoms with Crippen LogP contribution >= 0.6 is 0 Å². The average molecular weight is 348 g/mol. The number of piperidine rings is 1. The molecule has 2 fully saturated rings. The van der Waals surface area contributed by atoms with Crippen LogP contribution in [0.15, 0.2) is 66.7 Å². The van der Waals surface area contributed by atoms with Gasteiger partial charge in [0.2, 0.25) is 0 Å². The molecule has 1 saturated carbocycles. The van der Waals surface area contributed by atoms with Crippen LogP contribution in [0.2, 0.25) is 0 Å². The van der Waals surface area contributed by atoms with Crippen molar-refractivity contribution in [1.29, 1.82) is 0 Å². The van der Waals surface area contributed by atoms with Crippen LogP contribution in [-0.4, -0.2) is 31.1 Å². The maximum atomic E-state index is 5.48. The fraction of sp³-hybridized carbons (Fsp3) is 0.417. The van der Waals surface area contributed by atoms with Gasteiger partial charge in [-0.25, -0.2) is 0 Å². The Balaban J connectivity index is 1.53. The first kappa shape index (κ1) is 17.4. The van der Waals surface area contributed by atoms with E-state index in [2.05, 4.69) is 60.0 Å². The lowest BCUT2D eigenvalue weighted by Crippen LogP contribution is -2.53. The second-order valence-electron chi connectivity index (χ2n) is 7.77. The van der Waals surface area contributed by atoms with Crippen LogP contribution in [0.5, 0.6) is 5.75 Å². The van der Waals surface area contributed by atoms with Gasteiger partial charge in [0.1, 0.15) is 5.75 Å². The fourth-order valence-electron chi connectivity index (χ4n) is 5.01. The zero-order valence-corrected chi connectivity index (χ0v) is 15.8. The molecule has 0 spiro atoms. The molecule has 26 heavy (non-hydrogen) atoms. The van der Waals surface area contributed by atoms with Crippen LogP contribution in [0, 0.1) is 0 Å². The third-order valence-electron chi connectivity index (χ3n) is 6.52. The van der Waals surface area contributed by atoms with E-state index in [0.29, 0.717) is 6.04 Å². The highest BCUT2D eigenvalue weighted by Gasteiger charge is 2.46. The summed E-state index contributed by atoms with van der Waals surface area (Å²) in [6.45, 7) is 6.91.